The average Bonchev–Trinajstić information content (AvgIpc) is 3.53. The van der Waals surface area contributed by atoms with Crippen molar-refractivity contribution in [1.29, 1.82) is 0 Å². The molecular weight excluding hydrogens is 516 g/mol. The van der Waals surface area contributed by atoms with Crippen LogP contribution in [0.15, 0.2) is 61.1 Å². The molecule has 0 aliphatic carbocycles. The quantitative estimate of drug-likeness (QED) is 0.292. The standard InChI is InChI=1S/C29H29F2N7O2/c1-16(25-20-5-4-10-33-23(20)9-7-21(25)27(30)31)40-19-6-8-24-22(11-19)26(36-35-24)17-12-34-38(13-17)18-14-37(15-18)28(39)29(2,3)32/h4-13,16,18,27H,14-15,32H2,1-3H3,(H,35,36). The molecule has 3 N–H and O–H groups in total. The van der Waals surface area contributed by atoms with Gasteiger partial charge in [0.15, 0.2) is 0 Å². The molecule has 1 aliphatic rings. The van der Waals surface area contributed by atoms with E-state index in [1.54, 1.807) is 62.3 Å². The van der Waals surface area contributed by atoms with Crippen LogP contribution in [0.5, 0.6) is 5.75 Å². The molecule has 1 aliphatic heterocycles. The normalized spacial score (nSPS) is 15.1. The van der Waals surface area contributed by atoms with E-state index in [0.717, 1.165) is 16.5 Å². The number of nitrogens with zero attached hydrogens (tertiary/aromatic N) is 5. The Bertz CT molecular complexity index is 1720. The number of fused-ring (bicyclic) bond motifs is 2. The number of nitrogens with one attached hydrogen (secondary N) is 1. The zero-order valence-electron chi connectivity index (χ0n) is 22.3. The number of hydrogen-bond acceptors (Lipinski definition) is 6. The Labute approximate surface area is 228 Å². The molecule has 9 nitrogen and oxygen atoms in total. The number of alkyl halides is 2. The smallest absolute Gasteiger partial charge is 0.264 e. The number of likely N-dealkylation sites (tertiary alicyclic amines) is 1. The highest BCUT2D eigenvalue weighted by atomic mass is 19.3. The summed E-state index contributed by atoms with van der Waals surface area (Å²) in [5.74, 6) is 0.435. The van der Waals surface area contributed by atoms with Gasteiger partial charge < -0.3 is 15.4 Å². The van der Waals surface area contributed by atoms with Crippen LogP contribution in [-0.4, -0.2) is 54.4 Å². The maximum absolute atomic E-state index is 13.9. The second kappa shape index (κ2) is 9.67. The van der Waals surface area contributed by atoms with Crippen LogP contribution in [0, 0.1) is 0 Å². The van der Waals surface area contributed by atoms with E-state index in [0.29, 0.717) is 41.0 Å². The molecule has 6 rings (SSSR count). The van der Waals surface area contributed by atoms with Crippen molar-refractivity contribution in [2.75, 3.05) is 13.1 Å². The van der Waals surface area contributed by atoms with Crippen LogP contribution in [0.1, 0.15) is 50.5 Å². The molecule has 1 atom stereocenters. The number of pyridine rings is 1. The summed E-state index contributed by atoms with van der Waals surface area (Å²) in [5, 5.41) is 13.5. The van der Waals surface area contributed by atoms with Crippen molar-refractivity contribution in [3.05, 3.63) is 72.2 Å². The molecule has 1 fully saturated rings. The lowest BCUT2D eigenvalue weighted by Gasteiger charge is -2.42. The molecule has 0 saturated carbocycles. The molecule has 0 spiro atoms. The minimum Gasteiger partial charge on any atom is -0.486 e. The summed E-state index contributed by atoms with van der Waals surface area (Å²) in [6.45, 7) is 6.25. The van der Waals surface area contributed by atoms with Crippen molar-refractivity contribution in [2.24, 2.45) is 5.73 Å². The average molecular weight is 546 g/mol. The third-order valence-electron chi connectivity index (χ3n) is 7.30. The predicted octanol–water partition coefficient (Wildman–Crippen LogP) is 5.17. The summed E-state index contributed by atoms with van der Waals surface area (Å²) in [7, 11) is 0. The van der Waals surface area contributed by atoms with E-state index in [-0.39, 0.29) is 17.5 Å². The first-order chi connectivity index (χ1) is 19.1. The third kappa shape index (κ3) is 4.56. The summed E-state index contributed by atoms with van der Waals surface area (Å²) in [6.07, 6.45) is 1.98. The highest BCUT2D eigenvalue weighted by Crippen LogP contribution is 2.37. The number of benzene rings is 2. The molecule has 2 aromatic carbocycles. The lowest BCUT2D eigenvalue weighted by Crippen LogP contribution is -2.59. The Balaban J connectivity index is 1.25. The fraction of sp³-hybridized carbons (Fsp3) is 0.310. The summed E-state index contributed by atoms with van der Waals surface area (Å²) in [5.41, 5.74) is 8.31. The number of aromatic amines is 1. The van der Waals surface area contributed by atoms with Crippen molar-refractivity contribution in [1.82, 2.24) is 29.9 Å². The number of carbonyl (C=O) groups is 1. The first kappa shape index (κ1) is 25.9. The van der Waals surface area contributed by atoms with Gasteiger partial charge in [-0.2, -0.15) is 10.2 Å². The lowest BCUT2D eigenvalue weighted by molar-refractivity contribution is -0.141. The first-order valence-corrected chi connectivity index (χ1v) is 13.0. The van der Waals surface area contributed by atoms with Gasteiger partial charge in [0.25, 0.3) is 6.43 Å². The van der Waals surface area contributed by atoms with Crippen LogP contribution in [-0.2, 0) is 4.79 Å². The van der Waals surface area contributed by atoms with Crippen LogP contribution < -0.4 is 10.5 Å². The van der Waals surface area contributed by atoms with Gasteiger partial charge in [0.05, 0.1) is 28.8 Å². The van der Waals surface area contributed by atoms with Crippen molar-refractivity contribution in [2.45, 2.75) is 44.9 Å². The number of nitrogens with two attached hydrogens (primary N) is 1. The van der Waals surface area contributed by atoms with Crippen molar-refractivity contribution < 1.29 is 18.3 Å². The number of ether oxygens (including phenoxy) is 1. The van der Waals surface area contributed by atoms with E-state index in [2.05, 4.69) is 20.3 Å². The predicted molar refractivity (Wildman–Crippen MR) is 147 cm³/mol. The van der Waals surface area contributed by atoms with Gasteiger partial charge in [-0.25, -0.2) is 8.78 Å². The number of aromatic nitrogens is 5. The van der Waals surface area contributed by atoms with Crippen molar-refractivity contribution in [3.63, 3.8) is 0 Å². The SMILES string of the molecule is CC(Oc1ccc2[nH]nc(-c3cnn(C4CN(C(=O)C(C)(C)N)C4)c3)c2c1)c1c(C(F)F)ccc2ncccc12. The third-order valence-corrected chi connectivity index (χ3v) is 7.30. The van der Waals surface area contributed by atoms with E-state index in [4.69, 9.17) is 10.5 Å². The molecular formula is C29H29F2N7O2. The largest absolute Gasteiger partial charge is 0.486 e. The number of rotatable bonds is 7. The maximum atomic E-state index is 13.9. The van der Waals surface area contributed by atoms with Crippen LogP contribution in [0.3, 0.4) is 0 Å². The van der Waals surface area contributed by atoms with E-state index in [1.807, 2.05) is 23.0 Å². The second-order valence-corrected chi connectivity index (χ2v) is 10.8. The van der Waals surface area contributed by atoms with Crippen LogP contribution >= 0.6 is 0 Å². The molecule has 1 amide bonds. The van der Waals surface area contributed by atoms with E-state index < -0.39 is 18.1 Å². The van der Waals surface area contributed by atoms with Gasteiger partial charge in [-0.3, -0.25) is 19.6 Å². The first-order valence-electron chi connectivity index (χ1n) is 13.0. The van der Waals surface area contributed by atoms with Gasteiger partial charge in [-0.05, 0) is 51.1 Å². The van der Waals surface area contributed by atoms with Crippen LogP contribution in [0.2, 0.25) is 0 Å². The Morgan fingerprint density at radius 2 is 1.98 bits per heavy atom. The van der Waals surface area contributed by atoms with Crippen LogP contribution in [0.25, 0.3) is 33.1 Å². The number of H-pyrrole nitrogens is 1. The Morgan fingerprint density at radius 1 is 1.18 bits per heavy atom. The fourth-order valence-electron chi connectivity index (χ4n) is 5.24. The second-order valence-electron chi connectivity index (χ2n) is 10.8. The van der Waals surface area contributed by atoms with E-state index in [9.17, 15) is 13.6 Å². The topological polar surface area (TPSA) is 115 Å². The van der Waals surface area contributed by atoms with Gasteiger partial charge in [-0.15, -0.1) is 0 Å². The zero-order chi connectivity index (χ0) is 28.2. The molecule has 40 heavy (non-hydrogen) atoms. The Kier molecular flexibility index (Phi) is 6.25. The molecule has 5 aromatic rings. The molecule has 11 heteroatoms. The molecule has 4 heterocycles. The molecule has 3 aromatic heterocycles. The highest BCUT2D eigenvalue weighted by Gasteiger charge is 2.37. The number of hydrogen-bond donors (Lipinski definition) is 2. The summed E-state index contributed by atoms with van der Waals surface area (Å²) >= 11 is 0. The molecule has 0 radical (unpaired) electrons. The highest BCUT2D eigenvalue weighted by molar-refractivity contribution is 5.93. The maximum Gasteiger partial charge on any atom is 0.264 e. The van der Waals surface area contributed by atoms with Crippen molar-refractivity contribution >= 4 is 27.7 Å². The molecule has 0 bridgehead atoms. The van der Waals surface area contributed by atoms with Crippen molar-refractivity contribution in [3.8, 4) is 17.0 Å². The number of carbonyl (C=O) groups excluding carboxylic acids is 1. The summed E-state index contributed by atoms with van der Waals surface area (Å²) < 4.78 is 36.0. The monoisotopic (exact) mass is 545 g/mol. The van der Waals surface area contributed by atoms with Crippen LogP contribution in [0.4, 0.5) is 8.78 Å². The fourth-order valence-corrected chi connectivity index (χ4v) is 5.24. The minimum atomic E-state index is -2.65. The number of amides is 1. The summed E-state index contributed by atoms with van der Waals surface area (Å²) in [4.78, 5) is 18.4. The summed E-state index contributed by atoms with van der Waals surface area (Å²) in [6, 6.07) is 12.1. The Morgan fingerprint density at radius 3 is 2.73 bits per heavy atom. The zero-order valence-corrected chi connectivity index (χ0v) is 22.3. The minimum absolute atomic E-state index is 0.0595. The molecule has 1 unspecified atom stereocenters. The molecule has 1 saturated heterocycles. The van der Waals surface area contributed by atoms with E-state index in [1.165, 1.54) is 6.07 Å². The van der Waals surface area contributed by atoms with Gasteiger partial charge in [0, 0.05) is 52.9 Å². The van der Waals surface area contributed by atoms with Gasteiger partial charge in [0.2, 0.25) is 5.91 Å². The van der Waals surface area contributed by atoms with Gasteiger partial charge >= 0.3 is 0 Å². The lowest BCUT2D eigenvalue weighted by atomic mass is 9.97. The Hall–Kier alpha value is -4.38. The molecule has 206 valence electrons. The van der Waals surface area contributed by atoms with Gasteiger partial charge in [0.1, 0.15) is 17.5 Å². The number of halogens is 2. The van der Waals surface area contributed by atoms with Gasteiger partial charge in [-0.1, -0.05) is 12.1 Å². The van der Waals surface area contributed by atoms with E-state index >= 15 is 0 Å².